The third kappa shape index (κ3) is 2.23. The zero-order valence-electron chi connectivity index (χ0n) is 9.75. The van der Waals surface area contributed by atoms with Crippen molar-refractivity contribution in [2.24, 2.45) is 0 Å². The molecule has 1 N–H and O–H groups in total. The average Bonchev–Trinajstić information content (AvgIpc) is 2.60. The molecular formula is C10H11F3N4O. The van der Waals surface area contributed by atoms with E-state index >= 15 is 0 Å². The van der Waals surface area contributed by atoms with Crippen LogP contribution in [0.4, 0.5) is 13.2 Å². The summed E-state index contributed by atoms with van der Waals surface area (Å²) < 4.78 is 38.7. The van der Waals surface area contributed by atoms with Crippen LogP contribution in [0, 0.1) is 0 Å². The van der Waals surface area contributed by atoms with Gasteiger partial charge in [-0.25, -0.2) is 9.50 Å². The van der Waals surface area contributed by atoms with E-state index in [0.717, 1.165) is 4.52 Å². The van der Waals surface area contributed by atoms with Crippen LogP contribution >= 0.6 is 0 Å². The molecule has 0 amide bonds. The number of aromatic amines is 1. The van der Waals surface area contributed by atoms with Crippen LogP contribution in [-0.2, 0) is 12.7 Å². The second kappa shape index (κ2) is 4.13. The predicted molar refractivity (Wildman–Crippen MR) is 58.2 cm³/mol. The van der Waals surface area contributed by atoms with E-state index in [2.05, 4.69) is 10.1 Å². The van der Waals surface area contributed by atoms with Gasteiger partial charge in [0.1, 0.15) is 0 Å². The monoisotopic (exact) mass is 260 g/mol. The molecular weight excluding hydrogens is 249 g/mol. The number of halogens is 3. The van der Waals surface area contributed by atoms with E-state index in [1.165, 1.54) is 6.20 Å². The van der Waals surface area contributed by atoms with Gasteiger partial charge in [-0.3, -0.25) is 9.89 Å². The Morgan fingerprint density at radius 3 is 2.67 bits per heavy atom. The Morgan fingerprint density at radius 1 is 1.44 bits per heavy atom. The molecule has 98 valence electrons. The number of nitrogens with zero attached hydrogens (tertiary/aromatic N) is 3. The van der Waals surface area contributed by atoms with Crippen LogP contribution in [-0.4, -0.2) is 33.6 Å². The van der Waals surface area contributed by atoms with E-state index < -0.39 is 17.4 Å². The molecule has 0 radical (unpaired) electrons. The molecule has 8 heteroatoms. The number of aromatic nitrogens is 3. The Balaban J connectivity index is 2.65. The molecule has 0 unspecified atom stereocenters. The van der Waals surface area contributed by atoms with E-state index in [1.807, 2.05) is 0 Å². The van der Waals surface area contributed by atoms with Crippen LogP contribution in [0.15, 0.2) is 17.1 Å². The minimum Gasteiger partial charge on any atom is -0.305 e. The molecule has 2 aromatic rings. The summed E-state index contributed by atoms with van der Waals surface area (Å²) in [5.41, 5.74) is -1.42. The van der Waals surface area contributed by atoms with Gasteiger partial charge in [-0.15, -0.1) is 0 Å². The van der Waals surface area contributed by atoms with Crippen molar-refractivity contribution in [2.45, 2.75) is 12.7 Å². The summed E-state index contributed by atoms with van der Waals surface area (Å²) in [5, 5.41) is 2.59. The van der Waals surface area contributed by atoms with Gasteiger partial charge in [0.2, 0.25) is 0 Å². The van der Waals surface area contributed by atoms with Gasteiger partial charge in [-0.2, -0.15) is 13.2 Å². The summed E-state index contributed by atoms with van der Waals surface area (Å²) in [6, 6.07) is 0.475. The molecule has 0 atom stereocenters. The molecule has 5 nitrogen and oxygen atoms in total. The second-order valence-electron chi connectivity index (χ2n) is 4.17. The molecule has 0 bridgehead atoms. The molecule has 2 heterocycles. The summed E-state index contributed by atoms with van der Waals surface area (Å²) in [6.45, 7) is 0.390. The largest absolute Gasteiger partial charge is 0.433 e. The Hall–Kier alpha value is -1.83. The number of H-pyrrole nitrogens is 1. The van der Waals surface area contributed by atoms with Crippen LogP contribution in [0.5, 0.6) is 0 Å². The zero-order chi connectivity index (χ0) is 13.5. The molecule has 2 rings (SSSR count). The number of hydrogen-bond donors (Lipinski definition) is 1. The van der Waals surface area contributed by atoms with Crippen molar-refractivity contribution in [3.05, 3.63) is 33.9 Å². The number of hydrogen-bond acceptors (Lipinski definition) is 3. The van der Waals surface area contributed by atoms with Gasteiger partial charge in [0.15, 0.2) is 11.3 Å². The predicted octanol–water partition coefficient (Wildman–Crippen LogP) is 1.10. The third-order valence-electron chi connectivity index (χ3n) is 2.35. The van der Waals surface area contributed by atoms with Crippen molar-refractivity contribution >= 4 is 5.65 Å². The topological polar surface area (TPSA) is 53.4 Å². The van der Waals surface area contributed by atoms with Crippen molar-refractivity contribution < 1.29 is 13.2 Å². The molecule has 0 aliphatic heterocycles. The first-order chi connectivity index (χ1) is 8.29. The van der Waals surface area contributed by atoms with Gasteiger partial charge in [-0.05, 0) is 14.1 Å². The maximum atomic E-state index is 12.6. The lowest BCUT2D eigenvalue weighted by molar-refractivity contribution is -0.141. The standard InChI is InChI=1S/C10H11F3N4O/c1-16(2)5-6-4-14-17-8(18)3-7(10(11,12)13)15-9(6)17/h3-4,14H,5H2,1-2H3. The van der Waals surface area contributed by atoms with Gasteiger partial charge < -0.3 is 4.90 Å². The molecule has 18 heavy (non-hydrogen) atoms. The number of nitrogens with one attached hydrogen (secondary N) is 1. The minimum absolute atomic E-state index is 0.00326. The Morgan fingerprint density at radius 2 is 2.11 bits per heavy atom. The van der Waals surface area contributed by atoms with E-state index in [-0.39, 0.29) is 5.65 Å². The normalized spacial score (nSPS) is 12.6. The summed E-state index contributed by atoms with van der Waals surface area (Å²) >= 11 is 0. The fourth-order valence-corrected chi connectivity index (χ4v) is 1.63. The van der Waals surface area contributed by atoms with E-state index in [9.17, 15) is 18.0 Å². The van der Waals surface area contributed by atoms with E-state index in [0.29, 0.717) is 18.2 Å². The van der Waals surface area contributed by atoms with Crippen molar-refractivity contribution in [2.75, 3.05) is 14.1 Å². The average molecular weight is 260 g/mol. The second-order valence-corrected chi connectivity index (χ2v) is 4.17. The third-order valence-corrected chi connectivity index (χ3v) is 2.35. The van der Waals surface area contributed by atoms with Crippen LogP contribution in [0.1, 0.15) is 11.3 Å². The first kappa shape index (κ1) is 12.6. The summed E-state index contributed by atoms with van der Waals surface area (Å²) in [4.78, 5) is 16.8. The summed E-state index contributed by atoms with van der Waals surface area (Å²) in [6.07, 6.45) is -3.15. The molecule has 0 fully saturated rings. The van der Waals surface area contributed by atoms with Crippen LogP contribution < -0.4 is 5.56 Å². The molecule has 0 aromatic carbocycles. The minimum atomic E-state index is -4.62. The fourth-order valence-electron chi connectivity index (χ4n) is 1.63. The molecule has 0 saturated heterocycles. The molecule has 0 spiro atoms. The highest BCUT2D eigenvalue weighted by atomic mass is 19.4. The Kier molecular flexibility index (Phi) is 2.89. The van der Waals surface area contributed by atoms with Gasteiger partial charge in [-0.1, -0.05) is 0 Å². The highest BCUT2D eigenvalue weighted by molar-refractivity contribution is 5.46. The Labute approximate surface area is 99.8 Å². The number of rotatable bonds is 2. The lowest BCUT2D eigenvalue weighted by Crippen LogP contribution is -2.20. The van der Waals surface area contributed by atoms with Crippen LogP contribution in [0.3, 0.4) is 0 Å². The number of alkyl halides is 3. The highest BCUT2D eigenvalue weighted by Gasteiger charge is 2.33. The van der Waals surface area contributed by atoms with E-state index in [4.69, 9.17) is 0 Å². The van der Waals surface area contributed by atoms with Crippen molar-refractivity contribution in [1.29, 1.82) is 0 Å². The molecule has 0 saturated carbocycles. The van der Waals surface area contributed by atoms with Crippen molar-refractivity contribution in [1.82, 2.24) is 19.5 Å². The van der Waals surface area contributed by atoms with E-state index in [1.54, 1.807) is 19.0 Å². The molecule has 0 aliphatic rings. The van der Waals surface area contributed by atoms with Crippen molar-refractivity contribution in [3.8, 4) is 0 Å². The van der Waals surface area contributed by atoms with Gasteiger partial charge in [0.25, 0.3) is 5.56 Å². The quantitative estimate of drug-likeness (QED) is 0.879. The number of fused-ring (bicyclic) bond motifs is 1. The lowest BCUT2D eigenvalue weighted by atomic mass is 10.3. The Bertz CT molecular complexity index is 626. The summed E-state index contributed by atoms with van der Waals surface area (Å²) in [5.74, 6) is 0. The molecule has 2 aromatic heterocycles. The first-order valence-corrected chi connectivity index (χ1v) is 5.11. The van der Waals surface area contributed by atoms with Crippen LogP contribution in [0.25, 0.3) is 5.65 Å². The summed E-state index contributed by atoms with van der Waals surface area (Å²) in [7, 11) is 3.55. The van der Waals surface area contributed by atoms with Gasteiger partial charge in [0.05, 0.1) is 0 Å². The van der Waals surface area contributed by atoms with Crippen molar-refractivity contribution in [3.63, 3.8) is 0 Å². The molecule has 0 aliphatic carbocycles. The fraction of sp³-hybridized carbons (Fsp3) is 0.400. The SMILES string of the molecule is CN(C)Cc1c[nH]n2c(=O)cc(C(F)(F)F)nc12. The first-order valence-electron chi connectivity index (χ1n) is 5.11. The lowest BCUT2D eigenvalue weighted by Gasteiger charge is -2.08. The van der Waals surface area contributed by atoms with Gasteiger partial charge in [0, 0.05) is 24.4 Å². The smallest absolute Gasteiger partial charge is 0.305 e. The van der Waals surface area contributed by atoms with Gasteiger partial charge >= 0.3 is 6.18 Å². The maximum absolute atomic E-state index is 12.6. The highest BCUT2D eigenvalue weighted by Crippen LogP contribution is 2.27. The van der Waals surface area contributed by atoms with Crippen LogP contribution in [0.2, 0.25) is 0 Å². The zero-order valence-corrected chi connectivity index (χ0v) is 9.75. The maximum Gasteiger partial charge on any atom is 0.433 e.